The van der Waals surface area contributed by atoms with E-state index in [2.05, 4.69) is 4.98 Å². The van der Waals surface area contributed by atoms with Crippen molar-refractivity contribution in [3.05, 3.63) is 83.7 Å². The molecular formula is C29H29N3O7S2. The van der Waals surface area contributed by atoms with Crippen LogP contribution in [0.1, 0.15) is 35.0 Å². The van der Waals surface area contributed by atoms with Crippen molar-refractivity contribution >= 4 is 33.0 Å². The predicted octanol–water partition coefficient (Wildman–Crippen LogP) is 4.52. The fraction of sp³-hybridized carbons (Fsp3) is 0.276. The van der Waals surface area contributed by atoms with Crippen LogP contribution in [0.3, 0.4) is 0 Å². The van der Waals surface area contributed by atoms with Gasteiger partial charge in [-0.3, -0.25) is 14.8 Å². The molecule has 41 heavy (non-hydrogen) atoms. The van der Waals surface area contributed by atoms with E-state index in [9.17, 15) is 23.2 Å². The summed E-state index contributed by atoms with van der Waals surface area (Å²) in [4.78, 5) is 32.7. The van der Waals surface area contributed by atoms with Crippen LogP contribution in [0.4, 0.5) is 0 Å². The maximum absolute atomic E-state index is 13.9. The maximum atomic E-state index is 13.9. The minimum atomic E-state index is -3.96. The highest BCUT2D eigenvalue weighted by atomic mass is 32.2. The van der Waals surface area contributed by atoms with Gasteiger partial charge >= 0.3 is 0 Å². The van der Waals surface area contributed by atoms with Crippen LogP contribution in [0, 0.1) is 0 Å². The first-order valence-corrected chi connectivity index (χ1v) is 15.5. The number of nitrogens with one attached hydrogen (secondary N) is 1. The number of sulfone groups is 1. The number of amides is 2. The lowest BCUT2D eigenvalue weighted by molar-refractivity contribution is -0.129. The number of para-hydroxylation sites is 1. The first-order valence-electron chi connectivity index (χ1n) is 13.0. The number of oxazole rings is 1. The zero-order chi connectivity index (χ0) is 29.0. The zero-order valence-electron chi connectivity index (χ0n) is 22.3. The predicted molar refractivity (Wildman–Crippen MR) is 153 cm³/mol. The van der Waals surface area contributed by atoms with E-state index in [1.165, 1.54) is 22.6 Å². The van der Waals surface area contributed by atoms with E-state index in [1.54, 1.807) is 42.0 Å². The third-order valence-corrected chi connectivity index (χ3v) is 11.2. The van der Waals surface area contributed by atoms with Crippen LogP contribution in [-0.2, 0) is 19.4 Å². The maximum Gasteiger partial charge on any atom is 0.257 e. The van der Waals surface area contributed by atoms with E-state index in [0.29, 0.717) is 28.6 Å². The fourth-order valence-electron chi connectivity index (χ4n) is 5.06. The summed E-state index contributed by atoms with van der Waals surface area (Å²) in [5.41, 5.74) is 3.65. The van der Waals surface area contributed by atoms with Gasteiger partial charge in [-0.25, -0.2) is 18.9 Å². The second-order valence-electron chi connectivity index (χ2n) is 9.60. The molecule has 10 nitrogen and oxygen atoms in total. The van der Waals surface area contributed by atoms with E-state index in [1.807, 2.05) is 37.3 Å². The molecule has 0 spiro atoms. The first-order chi connectivity index (χ1) is 19.8. The minimum Gasteiger partial charge on any atom is -0.493 e. The number of carbonyl (C=O) groups is 2. The Morgan fingerprint density at radius 2 is 1.85 bits per heavy atom. The van der Waals surface area contributed by atoms with Crippen LogP contribution in [0.2, 0.25) is 0 Å². The van der Waals surface area contributed by atoms with Crippen LogP contribution in [0.15, 0.2) is 77.7 Å². The number of rotatable bonds is 8. The van der Waals surface area contributed by atoms with Gasteiger partial charge in [-0.2, -0.15) is 0 Å². The minimum absolute atomic E-state index is 0.0182. The second-order valence-corrected chi connectivity index (χ2v) is 13.1. The number of carbonyl (C=O) groups excluding carboxylic acids is 2. The SMILES string of the molecule is CCOc1ccccc1C(=O)N1CCC(CC(=O)NO)(c2ccc(-c3ccc(-c4cnco4)cc3)s2)S(=O)(=O)CC1. The van der Waals surface area contributed by atoms with Crippen molar-refractivity contribution in [3.63, 3.8) is 0 Å². The summed E-state index contributed by atoms with van der Waals surface area (Å²) < 4.78 is 37.2. The van der Waals surface area contributed by atoms with Gasteiger partial charge in [-0.05, 0) is 43.2 Å². The Kier molecular flexibility index (Phi) is 8.25. The molecule has 2 aromatic carbocycles. The quantitative estimate of drug-likeness (QED) is 0.224. The van der Waals surface area contributed by atoms with E-state index in [0.717, 1.165) is 16.0 Å². The molecule has 2 aromatic heterocycles. The number of hydroxylamine groups is 1. The van der Waals surface area contributed by atoms with Gasteiger partial charge in [0.05, 0.1) is 30.5 Å². The molecule has 1 unspecified atom stereocenters. The molecule has 1 fully saturated rings. The summed E-state index contributed by atoms with van der Waals surface area (Å²) >= 11 is 1.27. The van der Waals surface area contributed by atoms with Gasteiger partial charge in [0.15, 0.2) is 22.0 Å². The van der Waals surface area contributed by atoms with Crippen molar-refractivity contribution in [3.8, 4) is 27.5 Å². The summed E-state index contributed by atoms with van der Waals surface area (Å²) in [7, 11) is -3.96. The lowest BCUT2D eigenvalue weighted by atomic mass is 9.97. The first kappa shape index (κ1) is 28.5. The highest BCUT2D eigenvalue weighted by Crippen LogP contribution is 2.45. The van der Waals surface area contributed by atoms with E-state index >= 15 is 0 Å². The molecule has 12 heteroatoms. The number of thiophene rings is 1. The molecule has 1 aliphatic rings. The summed E-state index contributed by atoms with van der Waals surface area (Å²) in [6.45, 7) is 2.25. The molecule has 5 rings (SSSR count). The normalized spacial score (nSPS) is 18.4. The molecule has 0 radical (unpaired) electrons. The van der Waals surface area contributed by atoms with Gasteiger partial charge in [0.1, 0.15) is 10.5 Å². The highest BCUT2D eigenvalue weighted by molar-refractivity contribution is 7.92. The molecule has 0 aliphatic carbocycles. The van der Waals surface area contributed by atoms with Gasteiger partial charge in [0.2, 0.25) is 5.91 Å². The molecule has 3 heterocycles. The molecule has 2 N–H and O–H groups in total. The van der Waals surface area contributed by atoms with Crippen molar-refractivity contribution in [2.75, 3.05) is 25.4 Å². The van der Waals surface area contributed by atoms with Crippen molar-refractivity contribution in [2.45, 2.75) is 24.5 Å². The number of ether oxygens (including phenoxy) is 1. The van der Waals surface area contributed by atoms with Crippen molar-refractivity contribution < 1.29 is 32.4 Å². The molecular weight excluding hydrogens is 566 g/mol. The van der Waals surface area contributed by atoms with Gasteiger partial charge in [-0.15, -0.1) is 11.3 Å². The third-order valence-electron chi connectivity index (χ3n) is 7.23. The van der Waals surface area contributed by atoms with Gasteiger partial charge < -0.3 is 14.1 Å². The summed E-state index contributed by atoms with van der Waals surface area (Å²) in [6, 6.07) is 18.0. The lowest BCUT2D eigenvalue weighted by Crippen LogP contribution is -2.41. The summed E-state index contributed by atoms with van der Waals surface area (Å²) in [5.74, 6) is -0.445. The molecule has 2 amide bonds. The Morgan fingerprint density at radius 1 is 1.10 bits per heavy atom. The van der Waals surface area contributed by atoms with E-state index < -0.39 is 26.9 Å². The van der Waals surface area contributed by atoms with Crippen LogP contribution < -0.4 is 10.2 Å². The summed E-state index contributed by atoms with van der Waals surface area (Å²) in [6.07, 6.45) is 2.48. The zero-order valence-corrected chi connectivity index (χ0v) is 23.9. The molecule has 1 saturated heterocycles. The van der Waals surface area contributed by atoms with E-state index in [4.69, 9.17) is 9.15 Å². The molecule has 0 saturated carbocycles. The molecule has 1 aliphatic heterocycles. The van der Waals surface area contributed by atoms with Gasteiger partial charge in [0.25, 0.3) is 5.91 Å². The number of hydrogen-bond donors (Lipinski definition) is 2. The third kappa shape index (κ3) is 5.63. The Hall–Kier alpha value is -4.00. The number of nitrogens with zero attached hydrogens (tertiary/aromatic N) is 2. The van der Waals surface area contributed by atoms with E-state index in [-0.39, 0.29) is 31.2 Å². The standard InChI is InChI=1S/C29H29N3O7S2/c1-2-38-23-6-4-3-5-22(23)28(34)32-14-13-29(17-27(33)31-35,41(36,37)16-15-32)26-12-11-25(40-26)21-9-7-20(8-10-21)24-18-30-19-39-24/h3-12,18-19,35H,2,13-17H2,1H3,(H,31,33). The molecule has 214 valence electrons. The fourth-order valence-corrected chi connectivity index (χ4v) is 8.67. The van der Waals surface area contributed by atoms with Crippen molar-refractivity contribution in [1.82, 2.24) is 15.4 Å². The number of benzene rings is 2. The Balaban J connectivity index is 1.47. The van der Waals surface area contributed by atoms with Crippen LogP contribution in [0.25, 0.3) is 21.8 Å². The van der Waals surface area contributed by atoms with Crippen LogP contribution in [-0.4, -0.2) is 60.8 Å². The van der Waals surface area contributed by atoms with Crippen molar-refractivity contribution in [2.24, 2.45) is 0 Å². The molecule has 4 aromatic rings. The van der Waals surface area contributed by atoms with Crippen LogP contribution in [0.5, 0.6) is 5.75 Å². The van der Waals surface area contributed by atoms with Gasteiger partial charge in [-0.1, -0.05) is 36.4 Å². The van der Waals surface area contributed by atoms with Crippen LogP contribution >= 0.6 is 11.3 Å². The van der Waals surface area contributed by atoms with Crippen molar-refractivity contribution in [1.29, 1.82) is 0 Å². The Bertz CT molecular complexity index is 1630. The topological polar surface area (TPSA) is 139 Å². The number of hydrogen-bond acceptors (Lipinski definition) is 9. The largest absolute Gasteiger partial charge is 0.493 e. The smallest absolute Gasteiger partial charge is 0.257 e. The Morgan fingerprint density at radius 3 is 2.56 bits per heavy atom. The van der Waals surface area contributed by atoms with Gasteiger partial charge in [0, 0.05) is 28.4 Å². The monoisotopic (exact) mass is 595 g/mol. The number of aromatic nitrogens is 1. The average Bonchev–Trinajstić information content (AvgIpc) is 3.68. The second kappa shape index (κ2) is 11.9. The highest BCUT2D eigenvalue weighted by Gasteiger charge is 2.50. The average molecular weight is 596 g/mol. The summed E-state index contributed by atoms with van der Waals surface area (Å²) in [5, 5.41) is 9.34. The Labute approximate surface area is 241 Å². The lowest BCUT2D eigenvalue weighted by Gasteiger charge is -2.30. The molecule has 1 atom stereocenters. The molecule has 0 bridgehead atoms.